The van der Waals surface area contributed by atoms with E-state index in [1.54, 1.807) is 31.2 Å². The van der Waals surface area contributed by atoms with Gasteiger partial charge in [0.25, 0.3) is 5.56 Å². The highest BCUT2D eigenvalue weighted by Crippen LogP contribution is 2.20. The summed E-state index contributed by atoms with van der Waals surface area (Å²) in [5.74, 6) is -1.63. The standard InChI is InChI=1S/C26H22ClFN4O3/c1-16-26(35)32(23-10-6-5-9-21(23)29-16)15-24(33)31-22(13-17-7-3-2-4-8-17)25(34)30-18-11-12-20(28)19(27)14-18/h2-12,14,22H,13,15H2,1H3,(H,30,34)(H,31,33)/t22-/m0/s1. The summed E-state index contributed by atoms with van der Waals surface area (Å²) >= 11 is 5.82. The zero-order valence-corrected chi connectivity index (χ0v) is 19.6. The summed E-state index contributed by atoms with van der Waals surface area (Å²) in [4.78, 5) is 43.1. The number of nitrogens with one attached hydrogen (secondary N) is 2. The monoisotopic (exact) mass is 492 g/mol. The van der Waals surface area contributed by atoms with Gasteiger partial charge in [-0.1, -0.05) is 54.1 Å². The predicted octanol–water partition coefficient (Wildman–Crippen LogP) is 3.86. The summed E-state index contributed by atoms with van der Waals surface area (Å²) in [5, 5.41) is 5.27. The first-order chi connectivity index (χ1) is 16.8. The van der Waals surface area contributed by atoms with E-state index in [4.69, 9.17) is 11.6 Å². The average Bonchev–Trinajstić information content (AvgIpc) is 2.84. The number of amides is 2. The van der Waals surface area contributed by atoms with E-state index in [0.29, 0.717) is 16.7 Å². The number of rotatable bonds is 7. The van der Waals surface area contributed by atoms with Crippen molar-refractivity contribution >= 4 is 40.1 Å². The van der Waals surface area contributed by atoms with Crippen LogP contribution in [0.3, 0.4) is 0 Å². The van der Waals surface area contributed by atoms with Gasteiger partial charge in [0.2, 0.25) is 11.8 Å². The first kappa shape index (κ1) is 24.1. The molecule has 0 saturated carbocycles. The van der Waals surface area contributed by atoms with E-state index in [9.17, 15) is 18.8 Å². The van der Waals surface area contributed by atoms with Crippen molar-refractivity contribution in [3.63, 3.8) is 0 Å². The molecule has 4 rings (SSSR count). The smallest absolute Gasteiger partial charge is 0.272 e. The van der Waals surface area contributed by atoms with Gasteiger partial charge < -0.3 is 10.6 Å². The van der Waals surface area contributed by atoms with Crippen molar-refractivity contribution in [2.24, 2.45) is 0 Å². The number of benzene rings is 3. The lowest BCUT2D eigenvalue weighted by Gasteiger charge is -2.20. The van der Waals surface area contributed by atoms with Crippen LogP contribution in [0.25, 0.3) is 11.0 Å². The van der Waals surface area contributed by atoms with Gasteiger partial charge in [0.15, 0.2) is 0 Å². The Morgan fingerprint density at radius 1 is 1.06 bits per heavy atom. The summed E-state index contributed by atoms with van der Waals surface area (Å²) in [6, 6.07) is 19.1. The number of anilines is 1. The van der Waals surface area contributed by atoms with E-state index in [2.05, 4.69) is 15.6 Å². The molecule has 4 aromatic rings. The molecule has 0 fully saturated rings. The number of carbonyl (C=O) groups excluding carboxylic acids is 2. The van der Waals surface area contributed by atoms with Gasteiger partial charge in [0.1, 0.15) is 24.1 Å². The zero-order valence-electron chi connectivity index (χ0n) is 18.8. The van der Waals surface area contributed by atoms with Crippen molar-refractivity contribution in [2.45, 2.75) is 25.9 Å². The fraction of sp³-hybridized carbons (Fsp3) is 0.154. The highest BCUT2D eigenvalue weighted by molar-refractivity contribution is 6.31. The second kappa shape index (κ2) is 10.5. The van der Waals surface area contributed by atoms with E-state index in [0.717, 1.165) is 11.6 Å². The number of para-hydroxylation sites is 2. The van der Waals surface area contributed by atoms with Crippen LogP contribution in [0.15, 0.2) is 77.6 Å². The van der Waals surface area contributed by atoms with Crippen LogP contribution in [0.2, 0.25) is 5.02 Å². The lowest BCUT2D eigenvalue weighted by atomic mass is 10.0. The van der Waals surface area contributed by atoms with Crippen LogP contribution in [0.1, 0.15) is 11.3 Å². The Hall–Kier alpha value is -4.04. The molecule has 7 nitrogen and oxygen atoms in total. The number of aromatic nitrogens is 2. The second-order valence-electron chi connectivity index (χ2n) is 8.01. The molecule has 0 spiro atoms. The molecule has 0 aliphatic heterocycles. The molecule has 0 aliphatic rings. The Morgan fingerprint density at radius 3 is 2.51 bits per heavy atom. The number of nitrogens with zero attached hydrogens (tertiary/aromatic N) is 2. The highest BCUT2D eigenvalue weighted by Gasteiger charge is 2.23. The molecule has 35 heavy (non-hydrogen) atoms. The van der Waals surface area contributed by atoms with Gasteiger partial charge in [0.05, 0.1) is 16.1 Å². The maximum Gasteiger partial charge on any atom is 0.272 e. The lowest BCUT2D eigenvalue weighted by molar-refractivity contribution is -0.126. The molecule has 0 aliphatic carbocycles. The fourth-order valence-corrected chi connectivity index (χ4v) is 3.90. The van der Waals surface area contributed by atoms with Crippen LogP contribution in [-0.4, -0.2) is 27.4 Å². The maximum absolute atomic E-state index is 13.5. The molecule has 1 heterocycles. The van der Waals surface area contributed by atoms with Crippen LogP contribution in [-0.2, 0) is 22.6 Å². The van der Waals surface area contributed by atoms with Crippen molar-refractivity contribution in [1.82, 2.24) is 14.9 Å². The number of carbonyl (C=O) groups is 2. The van der Waals surface area contributed by atoms with E-state index < -0.39 is 23.7 Å². The van der Waals surface area contributed by atoms with Crippen LogP contribution in [0, 0.1) is 12.7 Å². The Balaban J connectivity index is 1.58. The van der Waals surface area contributed by atoms with E-state index in [1.165, 1.54) is 16.7 Å². The molecular formula is C26H22ClFN4O3. The van der Waals surface area contributed by atoms with Crippen LogP contribution < -0.4 is 16.2 Å². The zero-order chi connectivity index (χ0) is 24.9. The van der Waals surface area contributed by atoms with Crippen molar-refractivity contribution in [2.75, 3.05) is 5.32 Å². The summed E-state index contributed by atoms with van der Waals surface area (Å²) in [5.41, 5.74) is 2.10. The largest absolute Gasteiger partial charge is 0.342 e. The number of hydrogen-bond donors (Lipinski definition) is 2. The molecular weight excluding hydrogens is 471 g/mol. The van der Waals surface area contributed by atoms with Crippen molar-refractivity contribution in [1.29, 1.82) is 0 Å². The minimum atomic E-state index is -0.960. The third-order valence-electron chi connectivity index (χ3n) is 5.44. The molecule has 178 valence electrons. The fourth-order valence-electron chi connectivity index (χ4n) is 3.72. The number of halogens is 2. The lowest BCUT2D eigenvalue weighted by Crippen LogP contribution is -2.47. The van der Waals surface area contributed by atoms with Gasteiger partial charge in [-0.15, -0.1) is 0 Å². The number of hydrogen-bond acceptors (Lipinski definition) is 4. The Bertz CT molecular complexity index is 1460. The molecule has 3 aromatic carbocycles. The second-order valence-corrected chi connectivity index (χ2v) is 8.41. The normalized spacial score (nSPS) is 11.7. The third kappa shape index (κ3) is 5.73. The van der Waals surface area contributed by atoms with Gasteiger partial charge in [-0.05, 0) is 42.8 Å². The number of fused-ring (bicyclic) bond motifs is 1. The summed E-state index contributed by atoms with van der Waals surface area (Å²) < 4.78 is 14.8. The van der Waals surface area contributed by atoms with Crippen molar-refractivity contribution in [3.05, 3.63) is 105 Å². The molecule has 0 radical (unpaired) electrons. The van der Waals surface area contributed by atoms with Gasteiger partial charge in [-0.2, -0.15) is 0 Å². The van der Waals surface area contributed by atoms with Gasteiger partial charge >= 0.3 is 0 Å². The molecule has 2 amide bonds. The van der Waals surface area contributed by atoms with Crippen LogP contribution >= 0.6 is 11.6 Å². The van der Waals surface area contributed by atoms with Gasteiger partial charge in [0, 0.05) is 12.1 Å². The molecule has 1 aromatic heterocycles. The van der Waals surface area contributed by atoms with Crippen LogP contribution in [0.5, 0.6) is 0 Å². The minimum absolute atomic E-state index is 0.134. The molecule has 0 unspecified atom stereocenters. The van der Waals surface area contributed by atoms with E-state index >= 15 is 0 Å². The summed E-state index contributed by atoms with van der Waals surface area (Å²) in [6.45, 7) is 1.30. The number of aryl methyl sites for hydroxylation is 1. The van der Waals surface area contributed by atoms with Gasteiger partial charge in [-0.3, -0.25) is 19.0 Å². The van der Waals surface area contributed by atoms with Crippen molar-refractivity contribution in [3.8, 4) is 0 Å². The molecule has 2 N–H and O–H groups in total. The Kier molecular flexibility index (Phi) is 7.22. The SMILES string of the molecule is Cc1nc2ccccc2n(CC(=O)N[C@@H](Cc2ccccc2)C(=O)Nc2ccc(F)c(Cl)c2)c1=O. The minimum Gasteiger partial charge on any atom is -0.342 e. The first-order valence-corrected chi connectivity index (χ1v) is 11.2. The third-order valence-corrected chi connectivity index (χ3v) is 5.73. The predicted molar refractivity (Wildman–Crippen MR) is 133 cm³/mol. The Morgan fingerprint density at radius 2 is 1.77 bits per heavy atom. The molecule has 0 bridgehead atoms. The van der Waals surface area contributed by atoms with Crippen LogP contribution in [0.4, 0.5) is 10.1 Å². The molecule has 0 saturated heterocycles. The Labute approximate surface area is 205 Å². The van der Waals surface area contributed by atoms with E-state index in [-0.39, 0.29) is 29.2 Å². The van der Waals surface area contributed by atoms with Crippen molar-refractivity contribution < 1.29 is 14.0 Å². The molecule has 1 atom stereocenters. The highest BCUT2D eigenvalue weighted by atomic mass is 35.5. The topological polar surface area (TPSA) is 93.1 Å². The average molecular weight is 493 g/mol. The summed E-state index contributed by atoms with van der Waals surface area (Å²) in [6.07, 6.45) is 0.207. The van der Waals surface area contributed by atoms with E-state index in [1.807, 2.05) is 30.3 Å². The quantitative estimate of drug-likeness (QED) is 0.409. The maximum atomic E-state index is 13.5. The first-order valence-electron chi connectivity index (χ1n) is 10.9. The molecule has 9 heteroatoms. The summed E-state index contributed by atoms with van der Waals surface area (Å²) in [7, 11) is 0. The van der Waals surface area contributed by atoms with Gasteiger partial charge in [-0.25, -0.2) is 9.37 Å².